The first-order chi connectivity index (χ1) is 11.4. The minimum Gasteiger partial charge on any atom is -0.483 e. The number of hydrogen-bond donors (Lipinski definition) is 6. The molecule has 0 aliphatic rings. The maximum absolute atomic E-state index is 10.2. The molecule has 136 valence electrons. The van der Waals surface area contributed by atoms with E-state index in [2.05, 4.69) is 0 Å². The molecule has 0 heterocycles. The average Bonchev–Trinajstić information content (AvgIpc) is 2.52. The van der Waals surface area contributed by atoms with Crippen LogP contribution in [0.15, 0.2) is 30.3 Å². The standard InChI is InChI=1S/C7H6O2.5CH2O2/c8-7(9)6-4-2-1-3-5-6;5*2-1-3/h1-5H,(H,8,9);5*1H,(H,2,3). The van der Waals surface area contributed by atoms with Crippen molar-refractivity contribution in [3.05, 3.63) is 35.9 Å². The lowest BCUT2D eigenvalue weighted by molar-refractivity contribution is -0.123. The minimum atomic E-state index is -0.879. The van der Waals surface area contributed by atoms with E-state index in [4.69, 9.17) is 54.6 Å². The van der Waals surface area contributed by atoms with Crippen LogP contribution in [0.25, 0.3) is 0 Å². The molecule has 1 aromatic rings. The summed E-state index contributed by atoms with van der Waals surface area (Å²) in [7, 11) is 0. The second-order valence-electron chi connectivity index (χ2n) is 2.20. The van der Waals surface area contributed by atoms with Crippen molar-refractivity contribution >= 4 is 38.3 Å². The molecule has 0 unspecified atom stereocenters. The van der Waals surface area contributed by atoms with Crippen LogP contribution in [-0.2, 0) is 24.0 Å². The van der Waals surface area contributed by atoms with E-state index in [-0.39, 0.29) is 32.4 Å². The molecule has 6 N–H and O–H groups in total. The van der Waals surface area contributed by atoms with Crippen LogP contribution in [0.2, 0.25) is 0 Å². The molecule has 1 aromatic carbocycles. The Morgan fingerprint density at radius 1 is 0.625 bits per heavy atom. The van der Waals surface area contributed by atoms with E-state index < -0.39 is 5.97 Å². The van der Waals surface area contributed by atoms with Crippen molar-refractivity contribution in [1.82, 2.24) is 0 Å². The summed E-state index contributed by atoms with van der Waals surface area (Å²) in [4.78, 5) is 52.0. The molecule has 0 aliphatic carbocycles. The topological polar surface area (TPSA) is 224 Å². The van der Waals surface area contributed by atoms with Gasteiger partial charge in [-0.15, -0.1) is 0 Å². The molecule has 0 aliphatic heterocycles. The zero-order valence-electron chi connectivity index (χ0n) is 11.9. The molecule has 0 aromatic heterocycles. The normalized spacial score (nSPS) is 5.83. The second-order valence-corrected chi connectivity index (χ2v) is 2.20. The summed E-state index contributed by atoms with van der Waals surface area (Å²) in [6.07, 6.45) is 0. The van der Waals surface area contributed by atoms with E-state index in [1.807, 2.05) is 0 Å². The summed E-state index contributed by atoms with van der Waals surface area (Å²) in [6.45, 7) is -1.25. The second kappa shape index (κ2) is 42.7. The Morgan fingerprint density at radius 2 is 0.833 bits per heavy atom. The maximum Gasteiger partial charge on any atom is 0.335 e. The predicted octanol–water partition coefficient (Wildman–Crippen LogP) is -0.111. The number of benzene rings is 1. The highest BCUT2D eigenvalue weighted by molar-refractivity contribution is 5.87. The summed E-state index contributed by atoms with van der Waals surface area (Å²) < 4.78 is 0. The summed E-state index contributed by atoms with van der Waals surface area (Å²) in [5, 5.41) is 42.8. The number of carbonyl (C=O) groups is 6. The Balaban J connectivity index is -0.0000000682. The van der Waals surface area contributed by atoms with Crippen LogP contribution in [0.4, 0.5) is 0 Å². The van der Waals surface area contributed by atoms with Crippen LogP contribution in [0, 0.1) is 0 Å². The van der Waals surface area contributed by atoms with Gasteiger partial charge in [-0.2, -0.15) is 0 Å². The largest absolute Gasteiger partial charge is 0.483 e. The van der Waals surface area contributed by atoms with Crippen LogP contribution in [0.3, 0.4) is 0 Å². The molecule has 0 bridgehead atoms. The molecule has 24 heavy (non-hydrogen) atoms. The van der Waals surface area contributed by atoms with Crippen molar-refractivity contribution in [2.45, 2.75) is 0 Å². The molecule has 0 saturated heterocycles. The van der Waals surface area contributed by atoms with Gasteiger partial charge in [0, 0.05) is 0 Å². The number of hydrogen-bond acceptors (Lipinski definition) is 6. The van der Waals surface area contributed by atoms with Crippen LogP contribution < -0.4 is 0 Å². The smallest absolute Gasteiger partial charge is 0.335 e. The quantitative estimate of drug-likeness (QED) is 0.364. The van der Waals surface area contributed by atoms with Gasteiger partial charge in [-0.3, -0.25) is 24.0 Å². The number of carboxylic acids is 1. The van der Waals surface area contributed by atoms with E-state index in [1.54, 1.807) is 30.3 Å². The van der Waals surface area contributed by atoms with Gasteiger partial charge < -0.3 is 30.6 Å². The highest BCUT2D eigenvalue weighted by Gasteiger charge is 1.96. The van der Waals surface area contributed by atoms with Gasteiger partial charge in [0.25, 0.3) is 32.4 Å². The molecule has 0 spiro atoms. The van der Waals surface area contributed by atoms with E-state index in [0.717, 1.165) is 0 Å². The van der Waals surface area contributed by atoms with Crippen molar-refractivity contribution in [2.75, 3.05) is 0 Å². The first-order valence-corrected chi connectivity index (χ1v) is 5.06. The Bertz CT molecular complexity index is 369. The SMILES string of the molecule is O=C(O)c1ccccc1.O=CO.O=CO.O=CO.O=CO.O=CO. The van der Waals surface area contributed by atoms with Crippen LogP contribution in [-0.4, -0.2) is 69.0 Å². The average molecular weight is 352 g/mol. The molecule has 12 nitrogen and oxygen atoms in total. The van der Waals surface area contributed by atoms with Crippen molar-refractivity contribution in [2.24, 2.45) is 0 Å². The molecule has 0 amide bonds. The Kier molecular flexibility index (Phi) is 57.2. The Hall–Kier alpha value is -3.96. The van der Waals surface area contributed by atoms with Crippen LogP contribution in [0.5, 0.6) is 0 Å². The summed E-state index contributed by atoms with van der Waals surface area (Å²) in [5.41, 5.74) is 0.331. The Morgan fingerprint density at radius 3 is 0.958 bits per heavy atom. The minimum absolute atomic E-state index is 0.250. The third kappa shape index (κ3) is 81.0. The highest BCUT2D eigenvalue weighted by atomic mass is 16.4. The van der Waals surface area contributed by atoms with Gasteiger partial charge >= 0.3 is 5.97 Å². The fraction of sp³-hybridized carbons (Fsp3) is 0. The monoisotopic (exact) mass is 352 g/mol. The lowest BCUT2D eigenvalue weighted by Gasteiger charge is -1.88. The molecular formula is C12H16O12. The number of carboxylic acid groups (broad SMARTS) is 6. The molecule has 0 atom stereocenters. The van der Waals surface area contributed by atoms with Gasteiger partial charge in [-0.05, 0) is 12.1 Å². The first kappa shape index (κ1) is 32.1. The Labute approximate surface area is 134 Å². The summed E-state index contributed by atoms with van der Waals surface area (Å²) >= 11 is 0. The van der Waals surface area contributed by atoms with E-state index in [0.29, 0.717) is 5.56 Å². The maximum atomic E-state index is 10.2. The zero-order chi connectivity index (χ0) is 20.2. The first-order valence-electron chi connectivity index (χ1n) is 5.06. The fourth-order valence-corrected chi connectivity index (χ4v) is 0.581. The van der Waals surface area contributed by atoms with E-state index >= 15 is 0 Å². The van der Waals surface area contributed by atoms with Gasteiger partial charge in [0.15, 0.2) is 0 Å². The predicted molar refractivity (Wildman–Crippen MR) is 76.9 cm³/mol. The van der Waals surface area contributed by atoms with Gasteiger partial charge in [-0.1, -0.05) is 18.2 Å². The zero-order valence-corrected chi connectivity index (χ0v) is 11.9. The number of aromatic carboxylic acids is 1. The van der Waals surface area contributed by atoms with Crippen molar-refractivity contribution in [3.63, 3.8) is 0 Å². The highest BCUT2D eigenvalue weighted by Crippen LogP contribution is 1.96. The molecular weight excluding hydrogens is 336 g/mol. The van der Waals surface area contributed by atoms with Gasteiger partial charge in [0.05, 0.1) is 5.56 Å². The van der Waals surface area contributed by atoms with Crippen LogP contribution in [0.1, 0.15) is 10.4 Å². The van der Waals surface area contributed by atoms with Crippen molar-refractivity contribution in [1.29, 1.82) is 0 Å². The fourth-order valence-electron chi connectivity index (χ4n) is 0.581. The van der Waals surface area contributed by atoms with E-state index in [1.165, 1.54) is 0 Å². The third-order valence-corrected chi connectivity index (χ3v) is 1.02. The lowest BCUT2D eigenvalue weighted by atomic mass is 10.2. The molecule has 1 rings (SSSR count). The van der Waals surface area contributed by atoms with Gasteiger partial charge in [0.1, 0.15) is 0 Å². The lowest BCUT2D eigenvalue weighted by Crippen LogP contribution is -1.93. The summed E-state index contributed by atoms with van der Waals surface area (Å²) in [5.74, 6) is -0.879. The number of rotatable bonds is 1. The molecule has 12 heteroatoms. The molecule has 0 radical (unpaired) electrons. The van der Waals surface area contributed by atoms with Crippen LogP contribution >= 0.6 is 0 Å². The summed E-state index contributed by atoms with van der Waals surface area (Å²) in [6, 6.07) is 8.30. The van der Waals surface area contributed by atoms with E-state index in [9.17, 15) is 4.79 Å². The van der Waals surface area contributed by atoms with Gasteiger partial charge in [0.2, 0.25) is 0 Å². The van der Waals surface area contributed by atoms with Crippen molar-refractivity contribution < 1.29 is 59.4 Å². The molecule has 0 fully saturated rings. The molecule has 0 saturated carbocycles. The van der Waals surface area contributed by atoms with Gasteiger partial charge in [-0.25, -0.2) is 4.79 Å². The third-order valence-electron chi connectivity index (χ3n) is 1.02. The van der Waals surface area contributed by atoms with Crippen molar-refractivity contribution in [3.8, 4) is 0 Å².